The molecule has 116 valence electrons. The largest absolute Gasteiger partial charge is 0.344 e. The Hall–Kier alpha value is -1.50. The van der Waals surface area contributed by atoms with E-state index in [0.29, 0.717) is 23.5 Å². The van der Waals surface area contributed by atoms with Gasteiger partial charge in [0.05, 0.1) is 5.75 Å². The number of hydrogen-bond acceptors (Lipinski definition) is 4. The Balaban J connectivity index is 1.91. The summed E-state index contributed by atoms with van der Waals surface area (Å²) >= 11 is 1.29. The normalized spacial score (nSPS) is 15.9. The standard InChI is InChI=1S/C14H22N4O2S/c1-3-9-18-13(20)15-16-14(18)21-10-12(19)17(2)11-7-5-4-6-8-11/h3,11H,1,4-10H2,2H3,(H,15,20). The zero-order valence-electron chi connectivity index (χ0n) is 12.4. The minimum atomic E-state index is -0.273. The first-order valence-electron chi connectivity index (χ1n) is 7.28. The van der Waals surface area contributed by atoms with Crippen LogP contribution in [0.15, 0.2) is 22.6 Å². The molecule has 0 unspecified atom stereocenters. The predicted octanol–water partition coefficient (Wildman–Crippen LogP) is 1.64. The highest BCUT2D eigenvalue weighted by Crippen LogP contribution is 2.23. The molecule has 1 aromatic heterocycles. The van der Waals surface area contributed by atoms with Gasteiger partial charge in [0, 0.05) is 19.6 Å². The molecule has 0 radical (unpaired) electrons. The van der Waals surface area contributed by atoms with Gasteiger partial charge in [-0.05, 0) is 12.8 Å². The summed E-state index contributed by atoms with van der Waals surface area (Å²) in [6.07, 6.45) is 7.50. The lowest BCUT2D eigenvalue weighted by Crippen LogP contribution is -2.39. The van der Waals surface area contributed by atoms with Crippen LogP contribution in [0.2, 0.25) is 0 Å². The third kappa shape index (κ3) is 4.00. The molecule has 0 aliphatic heterocycles. The molecule has 2 rings (SSSR count). The molecule has 0 atom stereocenters. The van der Waals surface area contributed by atoms with Crippen molar-refractivity contribution in [2.75, 3.05) is 12.8 Å². The first-order chi connectivity index (χ1) is 10.1. The second-order valence-corrected chi connectivity index (χ2v) is 6.24. The Morgan fingerprint density at radius 2 is 2.24 bits per heavy atom. The second kappa shape index (κ2) is 7.49. The zero-order valence-corrected chi connectivity index (χ0v) is 13.2. The second-order valence-electron chi connectivity index (χ2n) is 5.30. The number of H-pyrrole nitrogens is 1. The van der Waals surface area contributed by atoms with Gasteiger partial charge in [0.25, 0.3) is 0 Å². The number of nitrogens with one attached hydrogen (secondary N) is 1. The highest BCUT2D eigenvalue weighted by molar-refractivity contribution is 7.99. The van der Waals surface area contributed by atoms with Crippen LogP contribution < -0.4 is 5.69 Å². The Bertz CT molecular complexity index is 545. The topological polar surface area (TPSA) is 71.0 Å². The van der Waals surface area contributed by atoms with Gasteiger partial charge in [0.15, 0.2) is 5.16 Å². The van der Waals surface area contributed by atoms with Crippen molar-refractivity contribution in [3.8, 4) is 0 Å². The summed E-state index contributed by atoms with van der Waals surface area (Å²) in [5.41, 5.74) is -0.273. The summed E-state index contributed by atoms with van der Waals surface area (Å²) in [4.78, 5) is 25.7. The van der Waals surface area contributed by atoms with Crippen LogP contribution in [0.25, 0.3) is 0 Å². The fourth-order valence-electron chi connectivity index (χ4n) is 2.60. The summed E-state index contributed by atoms with van der Waals surface area (Å²) in [5.74, 6) is 0.390. The molecule has 21 heavy (non-hydrogen) atoms. The number of allylic oxidation sites excluding steroid dienone is 1. The van der Waals surface area contributed by atoms with Gasteiger partial charge >= 0.3 is 5.69 Å². The molecular weight excluding hydrogens is 288 g/mol. The zero-order chi connectivity index (χ0) is 15.2. The van der Waals surface area contributed by atoms with Crippen LogP contribution in [0.1, 0.15) is 32.1 Å². The van der Waals surface area contributed by atoms with Crippen LogP contribution in [-0.2, 0) is 11.3 Å². The number of amides is 1. The van der Waals surface area contributed by atoms with E-state index in [1.807, 2.05) is 11.9 Å². The first kappa shape index (κ1) is 15.9. The van der Waals surface area contributed by atoms with E-state index in [-0.39, 0.29) is 11.6 Å². The van der Waals surface area contributed by atoms with Gasteiger partial charge in [-0.2, -0.15) is 0 Å². The molecule has 0 saturated heterocycles. The molecule has 1 aromatic rings. The average Bonchev–Trinajstić information content (AvgIpc) is 2.86. The SMILES string of the molecule is C=CCn1c(SCC(=O)N(C)C2CCCCC2)n[nH]c1=O. The number of carbonyl (C=O) groups excluding carboxylic acids is 1. The third-order valence-corrected chi connectivity index (χ3v) is 4.84. The van der Waals surface area contributed by atoms with Crippen molar-refractivity contribution >= 4 is 17.7 Å². The van der Waals surface area contributed by atoms with E-state index in [0.717, 1.165) is 12.8 Å². The van der Waals surface area contributed by atoms with E-state index >= 15 is 0 Å². The molecule has 0 aromatic carbocycles. The Morgan fingerprint density at radius 1 is 1.52 bits per heavy atom. The number of nitrogens with zero attached hydrogens (tertiary/aromatic N) is 3. The minimum Gasteiger partial charge on any atom is -0.342 e. The first-order valence-corrected chi connectivity index (χ1v) is 8.26. The van der Waals surface area contributed by atoms with E-state index < -0.39 is 0 Å². The number of aromatic amines is 1. The highest BCUT2D eigenvalue weighted by Gasteiger charge is 2.22. The van der Waals surface area contributed by atoms with Crippen molar-refractivity contribution in [3.63, 3.8) is 0 Å². The van der Waals surface area contributed by atoms with Crippen LogP contribution in [0.5, 0.6) is 0 Å². The maximum absolute atomic E-state index is 12.3. The van der Waals surface area contributed by atoms with Crippen LogP contribution in [0.3, 0.4) is 0 Å². The van der Waals surface area contributed by atoms with Gasteiger partial charge in [-0.3, -0.25) is 9.36 Å². The Kier molecular flexibility index (Phi) is 5.67. The number of aromatic nitrogens is 3. The molecule has 1 N–H and O–H groups in total. The lowest BCUT2D eigenvalue weighted by atomic mass is 9.94. The maximum atomic E-state index is 12.3. The molecule has 1 amide bonds. The number of thioether (sulfide) groups is 1. The molecule has 6 nitrogen and oxygen atoms in total. The molecule has 7 heteroatoms. The monoisotopic (exact) mass is 310 g/mol. The van der Waals surface area contributed by atoms with Crippen LogP contribution in [-0.4, -0.2) is 44.4 Å². The third-order valence-electron chi connectivity index (χ3n) is 3.88. The van der Waals surface area contributed by atoms with Crippen LogP contribution in [0, 0.1) is 0 Å². The molecule has 1 aliphatic rings. The van der Waals surface area contributed by atoms with Crippen molar-refractivity contribution < 1.29 is 4.79 Å². The van der Waals surface area contributed by atoms with E-state index in [2.05, 4.69) is 16.8 Å². The van der Waals surface area contributed by atoms with E-state index in [4.69, 9.17) is 0 Å². The Labute approximate surface area is 128 Å². The van der Waals surface area contributed by atoms with Gasteiger partial charge in [0.1, 0.15) is 0 Å². The number of hydrogen-bond donors (Lipinski definition) is 1. The van der Waals surface area contributed by atoms with Gasteiger partial charge in [0.2, 0.25) is 5.91 Å². The number of rotatable bonds is 6. The fraction of sp³-hybridized carbons (Fsp3) is 0.643. The van der Waals surface area contributed by atoms with Crippen molar-refractivity contribution in [2.24, 2.45) is 0 Å². The van der Waals surface area contributed by atoms with Crippen molar-refractivity contribution in [1.82, 2.24) is 19.7 Å². The molecule has 0 spiro atoms. The van der Waals surface area contributed by atoms with E-state index in [9.17, 15) is 9.59 Å². The predicted molar refractivity (Wildman–Crippen MR) is 83.4 cm³/mol. The smallest absolute Gasteiger partial charge is 0.342 e. The molecular formula is C14H22N4O2S. The maximum Gasteiger partial charge on any atom is 0.344 e. The highest BCUT2D eigenvalue weighted by atomic mass is 32.2. The average molecular weight is 310 g/mol. The van der Waals surface area contributed by atoms with Crippen molar-refractivity contribution in [2.45, 2.75) is 49.8 Å². The van der Waals surface area contributed by atoms with Crippen LogP contribution in [0.4, 0.5) is 0 Å². The van der Waals surface area contributed by atoms with Crippen molar-refractivity contribution in [1.29, 1.82) is 0 Å². The van der Waals surface area contributed by atoms with Gasteiger partial charge in [-0.1, -0.05) is 37.1 Å². The summed E-state index contributed by atoms with van der Waals surface area (Å²) < 4.78 is 1.48. The lowest BCUT2D eigenvalue weighted by Gasteiger charge is -2.31. The van der Waals surface area contributed by atoms with Gasteiger partial charge < -0.3 is 4.90 Å². The number of carbonyl (C=O) groups is 1. The Morgan fingerprint density at radius 3 is 2.90 bits per heavy atom. The summed E-state index contributed by atoms with van der Waals surface area (Å²) in [6, 6.07) is 0.362. The van der Waals surface area contributed by atoms with Crippen LogP contribution >= 0.6 is 11.8 Å². The quantitative estimate of drug-likeness (QED) is 0.640. The molecule has 1 saturated carbocycles. The molecule has 1 fully saturated rings. The summed E-state index contributed by atoms with van der Waals surface area (Å²) in [7, 11) is 1.88. The lowest BCUT2D eigenvalue weighted by molar-refractivity contribution is -0.129. The van der Waals surface area contributed by atoms with Gasteiger partial charge in [-0.25, -0.2) is 9.89 Å². The minimum absolute atomic E-state index is 0.0903. The summed E-state index contributed by atoms with van der Waals surface area (Å²) in [5, 5.41) is 6.88. The van der Waals surface area contributed by atoms with Crippen molar-refractivity contribution in [3.05, 3.63) is 23.1 Å². The molecule has 0 bridgehead atoms. The van der Waals surface area contributed by atoms with E-state index in [1.165, 1.54) is 35.6 Å². The fourth-order valence-corrected chi connectivity index (χ4v) is 3.48. The van der Waals surface area contributed by atoms with Gasteiger partial charge in [-0.15, -0.1) is 11.7 Å². The molecule has 1 heterocycles. The summed E-state index contributed by atoms with van der Waals surface area (Å²) in [6.45, 7) is 4.01. The molecule has 1 aliphatic carbocycles. The van der Waals surface area contributed by atoms with E-state index in [1.54, 1.807) is 6.08 Å².